The lowest BCUT2D eigenvalue weighted by atomic mass is 10.1. The maximum absolute atomic E-state index is 3.53. The molecule has 0 aromatic carbocycles. The number of unbranched alkanes of at least 4 members (excludes halogenated alkanes) is 1. The van der Waals surface area contributed by atoms with Crippen LogP contribution in [0.1, 0.15) is 39.5 Å². The third kappa shape index (κ3) is 6.82. The molecule has 0 radical (unpaired) electrons. The van der Waals surface area contributed by atoms with Crippen molar-refractivity contribution in [1.82, 2.24) is 5.32 Å². The molecule has 0 atom stereocenters. The molecule has 0 fully saturated rings. The van der Waals surface area contributed by atoms with Gasteiger partial charge >= 0.3 is 0 Å². The minimum Gasteiger partial charge on any atom is -0.314 e. The molecule has 0 aromatic heterocycles. The van der Waals surface area contributed by atoms with Crippen molar-refractivity contribution < 1.29 is 0 Å². The van der Waals surface area contributed by atoms with E-state index in [1.165, 1.54) is 32.2 Å². The second kappa shape index (κ2) is 8.54. The molecule has 68 valence electrons. The smallest absolute Gasteiger partial charge is 0.00618 e. The van der Waals surface area contributed by atoms with Crippen LogP contribution in [0, 0.1) is 0 Å². The van der Waals surface area contributed by atoms with Crippen molar-refractivity contribution in [3.8, 4) is 0 Å². The normalized spacial score (nSPS) is 10.9. The van der Waals surface area contributed by atoms with E-state index in [-0.39, 0.29) is 0 Å². The first-order valence-electron chi connectivity index (χ1n) is 4.64. The molecule has 0 aliphatic rings. The van der Waals surface area contributed by atoms with Crippen LogP contribution in [0.5, 0.6) is 0 Å². The number of rotatable bonds is 7. The summed E-state index contributed by atoms with van der Waals surface area (Å²) in [6.45, 7) is 5.66. The van der Waals surface area contributed by atoms with Crippen molar-refractivity contribution in [3.63, 3.8) is 0 Å². The third-order valence-corrected chi connectivity index (χ3v) is 2.54. The summed E-state index contributed by atoms with van der Waals surface area (Å²) in [6.07, 6.45) is 5.09. The molecule has 1 nitrogen and oxygen atoms in total. The van der Waals surface area contributed by atoms with Crippen molar-refractivity contribution in [2.24, 2.45) is 0 Å². The van der Waals surface area contributed by atoms with Crippen LogP contribution in [-0.2, 0) is 0 Å². The molecule has 0 spiro atoms. The van der Waals surface area contributed by atoms with Gasteiger partial charge in [0, 0.05) is 11.4 Å². The highest BCUT2D eigenvalue weighted by molar-refractivity contribution is 9.09. The van der Waals surface area contributed by atoms with Crippen molar-refractivity contribution in [2.45, 2.75) is 45.6 Å². The van der Waals surface area contributed by atoms with Crippen molar-refractivity contribution in [1.29, 1.82) is 0 Å². The fourth-order valence-electron chi connectivity index (χ4n) is 1.10. The molecule has 0 unspecified atom stereocenters. The zero-order chi connectivity index (χ0) is 8.53. The predicted octanol–water partition coefficient (Wildman–Crippen LogP) is 2.94. The summed E-state index contributed by atoms with van der Waals surface area (Å²) < 4.78 is 0. The second-order valence-corrected chi connectivity index (χ2v) is 3.66. The van der Waals surface area contributed by atoms with Crippen LogP contribution in [0.4, 0.5) is 0 Å². The van der Waals surface area contributed by atoms with Gasteiger partial charge < -0.3 is 5.32 Å². The van der Waals surface area contributed by atoms with E-state index in [4.69, 9.17) is 0 Å². The van der Waals surface area contributed by atoms with Gasteiger partial charge in [-0.2, -0.15) is 0 Å². The summed E-state index contributed by atoms with van der Waals surface area (Å²) in [7, 11) is 0. The maximum atomic E-state index is 3.53. The van der Waals surface area contributed by atoms with Gasteiger partial charge in [-0.15, -0.1) is 0 Å². The standard InChI is InChI=1S/C9H20BrN/c1-3-9(4-2)11-8-6-5-7-10/h9,11H,3-8H2,1-2H3. The van der Waals surface area contributed by atoms with E-state index < -0.39 is 0 Å². The Morgan fingerprint density at radius 3 is 2.27 bits per heavy atom. The van der Waals surface area contributed by atoms with Gasteiger partial charge in [0.05, 0.1) is 0 Å². The molecule has 2 heteroatoms. The molecule has 11 heavy (non-hydrogen) atoms. The van der Waals surface area contributed by atoms with Crippen molar-refractivity contribution in [3.05, 3.63) is 0 Å². The van der Waals surface area contributed by atoms with Gasteiger partial charge in [0.1, 0.15) is 0 Å². The summed E-state index contributed by atoms with van der Waals surface area (Å²) in [4.78, 5) is 0. The van der Waals surface area contributed by atoms with Crippen molar-refractivity contribution >= 4 is 15.9 Å². The second-order valence-electron chi connectivity index (χ2n) is 2.86. The van der Waals surface area contributed by atoms with E-state index >= 15 is 0 Å². The van der Waals surface area contributed by atoms with Crippen LogP contribution in [-0.4, -0.2) is 17.9 Å². The lowest BCUT2D eigenvalue weighted by Gasteiger charge is -2.13. The molecular weight excluding hydrogens is 202 g/mol. The van der Waals surface area contributed by atoms with E-state index in [9.17, 15) is 0 Å². The quantitative estimate of drug-likeness (QED) is 0.515. The topological polar surface area (TPSA) is 12.0 Å². The van der Waals surface area contributed by atoms with E-state index in [0.29, 0.717) is 0 Å². The number of hydrogen-bond donors (Lipinski definition) is 1. The van der Waals surface area contributed by atoms with Gasteiger partial charge in [0.25, 0.3) is 0 Å². The zero-order valence-corrected chi connectivity index (χ0v) is 9.28. The molecule has 0 saturated carbocycles. The number of alkyl halides is 1. The molecule has 0 aliphatic heterocycles. The van der Waals surface area contributed by atoms with Gasteiger partial charge in [-0.3, -0.25) is 0 Å². The molecular formula is C9H20BrN. The zero-order valence-electron chi connectivity index (χ0n) is 7.70. The Morgan fingerprint density at radius 2 is 1.82 bits per heavy atom. The Hall–Kier alpha value is 0.440. The first kappa shape index (κ1) is 11.4. The van der Waals surface area contributed by atoms with E-state index in [1.54, 1.807) is 0 Å². The van der Waals surface area contributed by atoms with Crippen molar-refractivity contribution in [2.75, 3.05) is 11.9 Å². The monoisotopic (exact) mass is 221 g/mol. The van der Waals surface area contributed by atoms with E-state index in [0.717, 1.165) is 11.4 Å². The lowest BCUT2D eigenvalue weighted by Crippen LogP contribution is -2.28. The average molecular weight is 222 g/mol. The highest BCUT2D eigenvalue weighted by Crippen LogP contribution is 1.97. The predicted molar refractivity (Wildman–Crippen MR) is 55.4 cm³/mol. The summed E-state index contributed by atoms with van der Waals surface area (Å²) in [6, 6.07) is 0.741. The average Bonchev–Trinajstić information content (AvgIpc) is 2.05. The fraction of sp³-hybridized carbons (Fsp3) is 1.00. The summed E-state index contributed by atoms with van der Waals surface area (Å²) in [5, 5.41) is 4.67. The maximum Gasteiger partial charge on any atom is 0.00618 e. The molecule has 0 bridgehead atoms. The van der Waals surface area contributed by atoms with E-state index in [2.05, 4.69) is 35.1 Å². The molecule has 0 rings (SSSR count). The first-order valence-corrected chi connectivity index (χ1v) is 5.76. The Kier molecular flexibility index (Phi) is 8.88. The lowest BCUT2D eigenvalue weighted by molar-refractivity contribution is 0.478. The van der Waals surface area contributed by atoms with Crippen LogP contribution in [0.2, 0.25) is 0 Å². The van der Waals surface area contributed by atoms with E-state index in [1.807, 2.05) is 0 Å². The fourth-order valence-corrected chi connectivity index (χ4v) is 1.50. The van der Waals surface area contributed by atoms with Gasteiger partial charge in [-0.05, 0) is 32.2 Å². The van der Waals surface area contributed by atoms with Crippen LogP contribution in [0.15, 0.2) is 0 Å². The van der Waals surface area contributed by atoms with Gasteiger partial charge in [0.15, 0.2) is 0 Å². The van der Waals surface area contributed by atoms with Gasteiger partial charge in [-0.1, -0.05) is 29.8 Å². The molecule has 1 N–H and O–H groups in total. The largest absolute Gasteiger partial charge is 0.314 e. The first-order chi connectivity index (χ1) is 5.35. The minimum atomic E-state index is 0.741. The summed E-state index contributed by atoms with van der Waals surface area (Å²) >= 11 is 3.42. The van der Waals surface area contributed by atoms with Gasteiger partial charge in [0.2, 0.25) is 0 Å². The van der Waals surface area contributed by atoms with Crippen LogP contribution < -0.4 is 5.32 Å². The Balaban J connectivity index is 3.07. The third-order valence-electron chi connectivity index (χ3n) is 1.98. The summed E-state index contributed by atoms with van der Waals surface area (Å²) in [5.41, 5.74) is 0. The molecule has 0 aliphatic carbocycles. The van der Waals surface area contributed by atoms with Gasteiger partial charge in [-0.25, -0.2) is 0 Å². The van der Waals surface area contributed by atoms with Crippen LogP contribution >= 0.6 is 15.9 Å². The Bertz CT molecular complexity index is 72.0. The molecule has 0 amide bonds. The number of nitrogens with one attached hydrogen (secondary N) is 1. The summed E-state index contributed by atoms with van der Waals surface area (Å²) in [5.74, 6) is 0. The highest BCUT2D eigenvalue weighted by Gasteiger charge is 1.99. The molecule has 0 saturated heterocycles. The molecule has 0 heterocycles. The Labute approximate surface area is 79.1 Å². The minimum absolute atomic E-state index is 0.741. The van der Waals surface area contributed by atoms with Crippen LogP contribution in [0.3, 0.4) is 0 Å². The Morgan fingerprint density at radius 1 is 1.18 bits per heavy atom. The molecule has 0 aromatic rings. The SMILES string of the molecule is CCC(CC)NCCCCBr. The highest BCUT2D eigenvalue weighted by atomic mass is 79.9. The number of hydrogen-bond acceptors (Lipinski definition) is 1. The number of halogens is 1. The van der Waals surface area contributed by atoms with Crippen LogP contribution in [0.25, 0.3) is 0 Å².